The highest BCUT2D eigenvalue weighted by Gasteiger charge is 2.22. The third kappa shape index (κ3) is 2.66. The molecule has 3 aromatic heterocycles. The Labute approximate surface area is 132 Å². The molecule has 7 heteroatoms. The first-order valence-electron chi connectivity index (χ1n) is 6.51. The quantitative estimate of drug-likeness (QED) is 0.717. The smallest absolute Gasteiger partial charge is 0.278 e. The molecule has 0 saturated carbocycles. The predicted octanol–water partition coefficient (Wildman–Crippen LogP) is 3.11. The van der Waals surface area contributed by atoms with Gasteiger partial charge >= 0.3 is 0 Å². The Morgan fingerprint density at radius 1 is 1.19 bits per heavy atom. The van der Waals surface area contributed by atoms with Crippen LogP contribution >= 0.6 is 22.7 Å². The lowest BCUT2D eigenvalue weighted by molar-refractivity contribution is 0.414. The maximum absolute atomic E-state index is 12.7. The Kier molecular flexibility index (Phi) is 3.92. The predicted molar refractivity (Wildman–Crippen MR) is 89.0 cm³/mol. The summed E-state index contributed by atoms with van der Waals surface area (Å²) >= 11 is 2.72. The number of aromatic nitrogens is 1. The molecule has 0 aliphatic rings. The van der Waals surface area contributed by atoms with Crippen molar-refractivity contribution in [2.24, 2.45) is 0 Å². The van der Waals surface area contributed by atoms with Crippen LogP contribution in [0.3, 0.4) is 0 Å². The van der Waals surface area contributed by atoms with E-state index in [1.807, 2.05) is 25.5 Å². The van der Waals surface area contributed by atoms with Gasteiger partial charge in [0.1, 0.15) is 9.04 Å². The van der Waals surface area contributed by atoms with E-state index in [4.69, 9.17) is 0 Å². The maximum Gasteiger partial charge on any atom is 0.278 e. The molecule has 0 radical (unpaired) electrons. The van der Waals surface area contributed by atoms with E-state index in [-0.39, 0.29) is 0 Å². The maximum atomic E-state index is 12.7. The van der Waals surface area contributed by atoms with E-state index < -0.39 is 10.0 Å². The molecule has 0 fully saturated rings. The zero-order valence-corrected chi connectivity index (χ0v) is 14.3. The number of likely N-dealkylation sites (N-methyl/N-ethyl adjacent to an activating group) is 1. The molecule has 21 heavy (non-hydrogen) atoms. The molecule has 0 aliphatic heterocycles. The van der Waals surface area contributed by atoms with Gasteiger partial charge in [0.2, 0.25) is 0 Å². The van der Waals surface area contributed by atoms with Crippen molar-refractivity contribution < 1.29 is 8.42 Å². The van der Waals surface area contributed by atoms with Gasteiger partial charge < -0.3 is 4.90 Å². The monoisotopic (exact) mass is 340 g/mol. The number of thiophene rings is 2. The van der Waals surface area contributed by atoms with Crippen LogP contribution in [0.5, 0.6) is 0 Å². The molecule has 0 amide bonds. The minimum Gasteiger partial charge on any atom is -0.309 e. The second kappa shape index (κ2) is 5.57. The number of rotatable bonds is 5. The largest absolute Gasteiger partial charge is 0.309 e. The molecule has 3 aromatic rings. The van der Waals surface area contributed by atoms with Gasteiger partial charge in [-0.25, -0.2) is 3.97 Å². The van der Waals surface area contributed by atoms with E-state index in [2.05, 4.69) is 4.90 Å². The third-order valence-electron chi connectivity index (χ3n) is 3.30. The molecule has 0 aliphatic carbocycles. The topological polar surface area (TPSA) is 42.3 Å². The summed E-state index contributed by atoms with van der Waals surface area (Å²) in [5.74, 6) is 0. The van der Waals surface area contributed by atoms with Gasteiger partial charge in [-0.1, -0.05) is 6.07 Å². The number of fused-ring (bicyclic) bond motifs is 1. The molecule has 3 rings (SSSR count). The van der Waals surface area contributed by atoms with Crippen molar-refractivity contribution in [3.63, 3.8) is 0 Å². The Morgan fingerprint density at radius 3 is 2.67 bits per heavy atom. The van der Waals surface area contributed by atoms with Crippen molar-refractivity contribution in [2.45, 2.75) is 10.6 Å². The standard InChI is InChI=1S/C14H16N2O2S3/c1-15(2)7-5-11-10-16(14-12(11)6-9-20-14)21(17,18)13-4-3-8-19-13/h3-4,6,8-10H,5,7H2,1-2H3. The lowest BCUT2D eigenvalue weighted by atomic mass is 10.2. The molecule has 0 bridgehead atoms. The van der Waals surface area contributed by atoms with Crippen LogP contribution in [0.2, 0.25) is 0 Å². The second-order valence-electron chi connectivity index (χ2n) is 5.08. The van der Waals surface area contributed by atoms with Crippen LogP contribution in [0.4, 0.5) is 0 Å². The summed E-state index contributed by atoms with van der Waals surface area (Å²) in [4.78, 5) is 2.90. The molecule has 4 nitrogen and oxygen atoms in total. The molecular formula is C14H16N2O2S3. The lowest BCUT2D eigenvalue weighted by Crippen LogP contribution is -2.15. The highest BCUT2D eigenvalue weighted by Crippen LogP contribution is 2.31. The van der Waals surface area contributed by atoms with Crippen LogP contribution in [-0.4, -0.2) is 37.9 Å². The van der Waals surface area contributed by atoms with Crippen LogP contribution < -0.4 is 0 Å². The van der Waals surface area contributed by atoms with Crippen molar-refractivity contribution >= 4 is 42.9 Å². The Balaban J connectivity index is 2.10. The second-order valence-corrected chi connectivity index (χ2v) is 8.96. The van der Waals surface area contributed by atoms with Crippen molar-refractivity contribution in [3.8, 4) is 0 Å². The Hall–Kier alpha value is -1.15. The highest BCUT2D eigenvalue weighted by atomic mass is 32.2. The first-order valence-corrected chi connectivity index (χ1v) is 9.71. The van der Waals surface area contributed by atoms with E-state index in [0.29, 0.717) is 4.21 Å². The highest BCUT2D eigenvalue weighted by molar-refractivity contribution is 7.92. The first kappa shape index (κ1) is 14.8. The molecule has 112 valence electrons. The summed E-state index contributed by atoms with van der Waals surface area (Å²) in [5.41, 5.74) is 1.08. The molecule has 3 heterocycles. The average Bonchev–Trinajstić information content (AvgIpc) is 3.13. The summed E-state index contributed by atoms with van der Waals surface area (Å²) in [6, 6.07) is 5.42. The van der Waals surface area contributed by atoms with E-state index >= 15 is 0 Å². The fourth-order valence-corrected chi connectivity index (χ4v) is 5.82. The SMILES string of the molecule is CN(C)CCc1cn(S(=O)(=O)c2cccs2)c2sccc12. The van der Waals surface area contributed by atoms with Crippen LogP contribution in [0.1, 0.15) is 5.56 Å². The molecule has 0 N–H and O–H groups in total. The number of nitrogens with zero attached hydrogens (tertiary/aromatic N) is 2. The Morgan fingerprint density at radius 2 is 2.00 bits per heavy atom. The van der Waals surface area contributed by atoms with Crippen LogP contribution in [-0.2, 0) is 16.4 Å². The molecule has 0 atom stereocenters. The summed E-state index contributed by atoms with van der Waals surface area (Å²) in [6.07, 6.45) is 2.62. The summed E-state index contributed by atoms with van der Waals surface area (Å²) in [5, 5.41) is 4.78. The minimum atomic E-state index is -3.48. The molecular weight excluding hydrogens is 324 g/mol. The summed E-state index contributed by atoms with van der Waals surface area (Å²) in [6.45, 7) is 0.897. The fraction of sp³-hybridized carbons (Fsp3) is 0.286. The van der Waals surface area contributed by atoms with Gasteiger partial charge in [-0.15, -0.1) is 22.7 Å². The van der Waals surface area contributed by atoms with Gasteiger partial charge in [0.25, 0.3) is 10.0 Å². The van der Waals surface area contributed by atoms with E-state index in [9.17, 15) is 8.42 Å². The zero-order chi connectivity index (χ0) is 15.0. The van der Waals surface area contributed by atoms with Gasteiger partial charge in [-0.2, -0.15) is 8.42 Å². The van der Waals surface area contributed by atoms with Gasteiger partial charge in [0.05, 0.1) is 0 Å². The van der Waals surface area contributed by atoms with Crippen molar-refractivity contribution in [2.75, 3.05) is 20.6 Å². The summed E-state index contributed by atoms with van der Waals surface area (Å²) < 4.78 is 27.3. The molecule has 0 aromatic carbocycles. The van der Waals surface area contributed by atoms with Crippen LogP contribution in [0.25, 0.3) is 10.2 Å². The van der Waals surface area contributed by atoms with E-state index in [1.165, 1.54) is 26.6 Å². The first-order chi connectivity index (χ1) is 10.00. The molecule has 0 unspecified atom stereocenters. The Bertz CT molecular complexity index is 842. The zero-order valence-electron chi connectivity index (χ0n) is 11.8. The fourth-order valence-electron chi connectivity index (χ4n) is 2.22. The van der Waals surface area contributed by atoms with Crippen LogP contribution in [0, 0.1) is 0 Å². The molecule has 0 spiro atoms. The van der Waals surface area contributed by atoms with Crippen molar-refractivity contribution in [3.05, 3.63) is 40.7 Å². The van der Waals surface area contributed by atoms with Gasteiger partial charge in [-0.05, 0) is 49.0 Å². The third-order valence-corrected chi connectivity index (χ3v) is 7.36. The van der Waals surface area contributed by atoms with Gasteiger partial charge in [-0.3, -0.25) is 0 Å². The average molecular weight is 340 g/mol. The normalized spacial score (nSPS) is 12.5. The number of hydrogen-bond donors (Lipinski definition) is 0. The lowest BCUT2D eigenvalue weighted by Gasteiger charge is -2.07. The van der Waals surface area contributed by atoms with E-state index in [1.54, 1.807) is 23.7 Å². The number of hydrogen-bond acceptors (Lipinski definition) is 5. The molecule has 0 saturated heterocycles. The van der Waals surface area contributed by atoms with Gasteiger partial charge in [0, 0.05) is 18.1 Å². The van der Waals surface area contributed by atoms with Crippen LogP contribution in [0.15, 0.2) is 39.4 Å². The summed E-state index contributed by atoms with van der Waals surface area (Å²) in [7, 11) is 0.558. The van der Waals surface area contributed by atoms with Crippen molar-refractivity contribution in [1.29, 1.82) is 0 Å². The van der Waals surface area contributed by atoms with E-state index in [0.717, 1.165) is 28.7 Å². The van der Waals surface area contributed by atoms with Gasteiger partial charge in [0.15, 0.2) is 0 Å². The minimum absolute atomic E-state index is 0.381. The van der Waals surface area contributed by atoms with Crippen molar-refractivity contribution in [1.82, 2.24) is 8.87 Å².